The zero-order valence-electron chi connectivity index (χ0n) is 15.4. The van der Waals surface area contributed by atoms with Gasteiger partial charge in [-0.1, -0.05) is 0 Å². The quantitative estimate of drug-likeness (QED) is 0.486. The third kappa shape index (κ3) is 6.42. The standard InChI is InChI=1S/C18H30N4O3/c1-18(2,16(23)19-3)13-22-17(21-12-15-7-5-11-25-15)20-9-8-14-6-4-10-24-14/h4,6,10,15H,5,7-9,11-13H2,1-3H3,(H,19,23)(H2,20,21,22). The van der Waals surface area contributed by atoms with Gasteiger partial charge >= 0.3 is 0 Å². The molecule has 140 valence electrons. The lowest BCUT2D eigenvalue weighted by molar-refractivity contribution is -0.128. The van der Waals surface area contributed by atoms with E-state index in [0.29, 0.717) is 25.6 Å². The molecule has 1 amide bonds. The minimum absolute atomic E-state index is 0.0229. The summed E-state index contributed by atoms with van der Waals surface area (Å²) >= 11 is 0. The average Bonchev–Trinajstić information content (AvgIpc) is 3.29. The van der Waals surface area contributed by atoms with E-state index in [9.17, 15) is 4.79 Å². The van der Waals surface area contributed by atoms with Gasteiger partial charge in [-0.15, -0.1) is 0 Å². The Hall–Kier alpha value is -2.02. The molecule has 1 unspecified atom stereocenters. The van der Waals surface area contributed by atoms with E-state index in [1.54, 1.807) is 13.3 Å². The van der Waals surface area contributed by atoms with E-state index in [4.69, 9.17) is 9.15 Å². The number of amides is 1. The Kier molecular flexibility index (Phi) is 7.31. The van der Waals surface area contributed by atoms with Gasteiger partial charge in [-0.05, 0) is 38.8 Å². The van der Waals surface area contributed by atoms with E-state index in [-0.39, 0.29) is 12.0 Å². The maximum atomic E-state index is 11.9. The minimum atomic E-state index is -0.561. The number of hydrogen-bond acceptors (Lipinski definition) is 4. The molecular formula is C18H30N4O3. The van der Waals surface area contributed by atoms with Crippen LogP contribution in [0.4, 0.5) is 0 Å². The Bertz CT molecular complexity index is 549. The van der Waals surface area contributed by atoms with Crippen molar-refractivity contribution < 1.29 is 13.9 Å². The first-order valence-corrected chi connectivity index (χ1v) is 8.89. The van der Waals surface area contributed by atoms with Crippen LogP contribution in [0.2, 0.25) is 0 Å². The van der Waals surface area contributed by atoms with Crippen LogP contribution in [0.1, 0.15) is 32.4 Å². The number of guanidine groups is 1. The largest absolute Gasteiger partial charge is 0.469 e. The Morgan fingerprint density at radius 2 is 2.24 bits per heavy atom. The van der Waals surface area contributed by atoms with Gasteiger partial charge in [0.1, 0.15) is 5.76 Å². The van der Waals surface area contributed by atoms with Gasteiger partial charge in [-0.2, -0.15) is 0 Å². The van der Waals surface area contributed by atoms with Gasteiger partial charge in [0.05, 0.1) is 24.3 Å². The number of furan rings is 1. The average molecular weight is 350 g/mol. The summed E-state index contributed by atoms with van der Waals surface area (Å²) in [6, 6.07) is 3.83. The van der Waals surface area contributed by atoms with Crippen LogP contribution in [-0.4, -0.2) is 51.3 Å². The maximum absolute atomic E-state index is 11.9. The van der Waals surface area contributed by atoms with Gasteiger partial charge in [-0.25, -0.2) is 0 Å². The lowest BCUT2D eigenvalue weighted by atomic mass is 9.93. The number of rotatable bonds is 8. The molecule has 0 radical (unpaired) electrons. The molecule has 1 saturated heterocycles. The molecule has 0 bridgehead atoms. The van der Waals surface area contributed by atoms with E-state index in [2.05, 4.69) is 20.9 Å². The summed E-state index contributed by atoms with van der Waals surface area (Å²) in [6.07, 6.45) is 4.84. The summed E-state index contributed by atoms with van der Waals surface area (Å²) in [6.45, 7) is 6.41. The maximum Gasteiger partial charge on any atom is 0.227 e. The van der Waals surface area contributed by atoms with Crippen molar-refractivity contribution in [1.29, 1.82) is 0 Å². The van der Waals surface area contributed by atoms with Gasteiger partial charge in [0.25, 0.3) is 0 Å². The number of hydrogen-bond donors (Lipinski definition) is 3. The summed E-state index contributed by atoms with van der Waals surface area (Å²) in [7, 11) is 1.64. The fourth-order valence-corrected chi connectivity index (χ4v) is 2.64. The second-order valence-electron chi connectivity index (χ2n) is 6.90. The molecular weight excluding hydrogens is 320 g/mol. The summed E-state index contributed by atoms with van der Waals surface area (Å²) < 4.78 is 11.0. The molecule has 1 aliphatic rings. The monoisotopic (exact) mass is 350 g/mol. The van der Waals surface area contributed by atoms with Crippen molar-refractivity contribution in [2.75, 3.05) is 33.3 Å². The lowest BCUT2D eigenvalue weighted by Gasteiger charge is -2.21. The van der Waals surface area contributed by atoms with Crippen molar-refractivity contribution >= 4 is 11.9 Å². The van der Waals surface area contributed by atoms with Crippen molar-refractivity contribution in [3.05, 3.63) is 24.2 Å². The van der Waals surface area contributed by atoms with Crippen molar-refractivity contribution in [2.45, 2.75) is 39.2 Å². The molecule has 0 saturated carbocycles. The highest BCUT2D eigenvalue weighted by atomic mass is 16.5. The summed E-state index contributed by atoms with van der Waals surface area (Å²) in [5, 5.41) is 9.31. The number of aliphatic imine (C=N–C) groups is 1. The molecule has 1 aliphatic heterocycles. The molecule has 2 heterocycles. The van der Waals surface area contributed by atoms with Crippen LogP contribution < -0.4 is 16.0 Å². The molecule has 0 aliphatic carbocycles. The molecule has 25 heavy (non-hydrogen) atoms. The molecule has 7 nitrogen and oxygen atoms in total. The molecule has 1 fully saturated rings. The summed E-state index contributed by atoms with van der Waals surface area (Å²) in [5.74, 6) is 1.60. The zero-order chi connectivity index (χ0) is 18.1. The van der Waals surface area contributed by atoms with Crippen molar-refractivity contribution in [1.82, 2.24) is 16.0 Å². The highest BCUT2D eigenvalue weighted by Gasteiger charge is 2.26. The predicted octanol–water partition coefficient (Wildman–Crippen LogP) is 1.31. The van der Waals surface area contributed by atoms with Crippen LogP contribution in [0.3, 0.4) is 0 Å². The van der Waals surface area contributed by atoms with Gasteiger partial charge in [0.2, 0.25) is 5.91 Å². The number of nitrogens with zero attached hydrogens (tertiary/aromatic N) is 1. The van der Waals surface area contributed by atoms with Crippen LogP contribution in [0.15, 0.2) is 27.8 Å². The van der Waals surface area contributed by atoms with Crippen LogP contribution in [0.5, 0.6) is 0 Å². The third-order valence-electron chi connectivity index (χ3n) is 4.24. The molecule has 7 heteroatoms. The van der Waals surface area contributed by atoms with Crippen molar-refractivity contribution in [3.63, 3.8) is 0 Å². The Balaban J connectivity index is 1.89. The minimum Gasteiger partial charge on any atom is -0.469 e. The first-order valence-electron chi connectivity index (χ1n) is 8.89. The first-order chi connectivity index (χ1) is 12.0. The van der Waals surface area contributed by atoms with Crippen LogP contribution >= 0.6 is 0 Å². The van der Waals surface area contributed by atoms with Gasteiger partial charge < -0.3 is 25.1 Å². The number of ether oxygens (including phenoxy) is 1. The highest BCUT2D eigenvalue weighted by Crippen LogP contribution is 2.15. The molecule has 0 spiro atoms. The first kappa shape index (κ1) is 19.3. The van der Waals surface area contributed by atoms with Crippen LogP contribution in [0.25, 0.3) is 0 Å². The molecule has 0 aromatic carbocycles. The van der Waals surface area contributed by atoms with Crippen LogP contribution in [0, 0.1) is 5.41 Å². The Morgan fingerprint density at radius 3 is 2.88 bits per heavy atom. The normalized spacial score (nSPS) is 18.2. The zero-order valence-corrected chi connectivity index (χ0v) is 15.4. The van der Waals surface area contributed by atoms with Crippen molar-refractivity contribution in [2.24, 2.45) is 10.4 Å². The number of nitrogens with one attached hydrogen (secondary N) is 3. The predicted molar refractivity (Wildman–Crippen MR) is 97.5 cm³/mol. The Morgan fingerprint density at radius 1 is 1.40 bits per heavy atom. The lowest BCUT2D eigenvalue weighted by Crippen LogP contribution is -2.43. The fourth-order valence-electron chi connectivity index (χ4n) is 2.64. The third-order valence-corrected chi connectivity index (χ3v) is 4.24. The van der Waals surface area contributed by atoms with Crippen molar-refractivity contribution in [3.8, 4) is 0 Å². The fraction of sp³-hybridized carbons (Fsp3) is 0.667. The highest BCUT2D eigenvalue weighted by molar-refractivity contribution is 5.83. The van der Waals surface area contributed by atoms with E-state index in [1.165, 1.54) is 0 Å². The van der Waals surface area contributed by atoms with E-state index >= 15 is 0 Å². The molecule has 3 N–H and O–H groups in total. The topological polar surface area (TPSA) is 87.9 Å². The number of carbonyl (C=O) groups is 1. The summed E-state index contributed by atoms with van der Waals surface area (Å²) in [4.78, 5) is 16.5. The molecule has 1 aromatic rings. The van der Waals surface area contributed by atoms with E-state index in [0.717, 1.165) is 31.6 Å². The number of carbonyl (C=O) groups excluding carboxylic acids is 1. The van der Waals surface area contributed by atoms with E-state index < -0.39 is 5.41 Å². The second kappa shape index (κ2) is 9.46. The molecule has 1 aromatic heterocycles. The smallest absolute Gasteiger partial charge is 0.227 e. The molecule has 1 atom stereocenters. The summed E-state index contributed by atoms with van der Waals surface area (Å²) in [5.41, 5.74) is -0.561. The van der Waals surface area contributed by atoms with E-state index in [1.807, 2.05) is 26.0 Å². The molecule has 2 rings (SSSR count). The van der Waals surface area contributed by atoms with Gasteiger partial charge in [0.15, 0.2) is 5.96 Å². The Labute approximate surface area is 149 Å². The second-order valence-corrected chi connectivity index (χ2v) is 6.90. The van der Waals surface area contributed by atoms with Crippen LogP contribution in [-0.2, 0) is 16.0 Å². The SMILES string of the molecule is CNC(=O)C(C)(C)CN=C(NCCc1ccco1)NCC1CCCO1. The van der Waals surface area contributed by atoms with Gasteiger partial charge in [0, 0.05) is 33.2 Å². The van der Waals surface area contributed by atoms with Gasteiger partial charge in [-0.3, -0.25) is 9.79 Å².